The Hall–Kier alpha value is -2.68. The lowest BCUT2D eigenvalue weighted by molar-refractivity contribution is -0.139. The Morgan fingerprint density at radius 3 is 2.81 bits per heavy atom. The fourth-order valence-electron chi connectivity index (χ4n) is 4.06. The highest BCUT2D eigenvalue weighted by molar-refractivity contribution is 9.10. The number of nitrogens with one attached hydrogen (secondary N) is 1. The number of nitrogens with zero attached hydrogens (tertiary/aromatic N) is 3. The van der Waals surface area contributed by atoms with Crippen molar-refractivity contribution in [1.82, 2.24) is 15.2 Å². The van der Waals surface area contributed by atoms with Crippen LogP contribution in [0.5, 0.6) is 0 Å². The van der Waals surface area contributed by atoms with Gasteiger partial charge in [-0.3, -0.25) is 14.7 Å². The number of benzene rings is 1. The summed E-state index contributed by atoms with van der Waals surface area (Å²) in [5.74, 6) is -2.09. The number of aromatic nitrogens is 1. The summed E-state index contributed by atoms with van der Waals surface area (Å²) in [6.45, 7) is 1.81. The molecule has 0 spiro atoms. The third-order valence-electron chi connectivity index (χ3n) is 5.75. The van der Waals surface area contributed by atoms with Crippen molar-refractivity contribution in [1.29, 1.82) is 0 Å². The largest absolute Gasteiger partial charge is 0.463 e. The predicted octanol–water partition coefficient (Wildman–Crippen LogP) is 1.54. The van der Waals surface area contributed by atoms with Gasteiger partial charge in [0.1, 0.15) is 17.9 Å². The predicted molar refractivity (Wildman–Crippen MR) is 135 cm³/mol. The zero-order valence-corrected chi connectivity index (χ0v) is 22.3. The van der Waals surface area contributed by atoms with E-state index in [4.69, 9.17) is 15.5 Å². The van der Waals surface area contributed by atoms with Gasteiger partial charge in [0, 0.05) is 34.8 Å². The number of carbonyl (C=O) groups is 2. The number of hydrogen-bond donors (Lipinski definition) is 2. The minimum atomic E-state index is -3.44. The number of halogens is 2. The summed E-state index contributed by atoms with van der Waals surface area (Å²) in [6, 6.07) is 2.10. The third kappa shape index (κ3) is 5.66. The van der Waals surface area contributed by atoms with E-state index >= 15 is 0 Å². The molecule has 3 N–H and O–H groups in total. The van der Waals surface area contributed by atoms with E-state index in [9.17, 15) is 22.4 Å². The number of esters is 1. The maximum Gasteiger partial charge on any atom is 0.338 e. The molecule has 14 heteroatoms. The van der Waals surface area contributed by atoms with Gasteiger partial charge in [0.2, 0.25) is 5.91 Å². The molecule has 0 saturated carbocycles. The number of carbonyl (C=O) groups excluding carboxylic acids is 2. The van der Waals surface area contributed by atoms with Crippen molar-refractivity contribution in [3.63, 3.8) is 0 Å². The second kappa shape index (κ2) is 10.7. The highest BCUT2D eigenvalue weighted by Gasteiger charge is 2.39. The summed E-state index contributed by atoms with van der Waals surface area (Å²) in [5.41, 5.74) is 6.57. The zero-order valence-electron chi connectivity index (χ0n) is 19.1. The number of hydrogen-bond acceptors (Lipinski definition) is 10. The summed E-state index contributed by atoms with van der Waals surface area (Å²) in [6.07, 6.45) is 1.61. The molecule has 2 aromatic rings. The lowest BCUT2D eigenvalue weighted by Crippen LogP contribution is -2.56. The maximum absolute atomic E-state index is 13.9. The number of amides is 1. The quantitative estimate of drug-likeness (QED) is 0.456. The van der Waals surface area contributed by atoms with Crippen LogP contribution in [0, 0.1) is 5.82 Å². The van der Waals surface area contributed by atoms with Crippen molar-refractivity contribution >= 4 is 54.8 Å². The van der Waals surface area contributed by atoms with Gasteiger partial charge in [0.15, 0.2) is 20.7 Å². The van der Waals surface area contributed by atoms with E-state index < -0.39 is 45.4 Å². The van der Waals surface area contributed by atoms with E-state index in [1.165, 1.54) is 29.5 Å². The first-order valence-corrected chi connectivity index (χ1v) is 14.4. The molecule has 1 aromatic heterocycles. The Morgan fingerprint density at radius 1 is 1.39 bits per heavy atom. The highest BCUT2D eigenvalue weighted by atomic mass is 79.9. The van der Waals surface area contributed by atoms with Gasteiger partial charge in [-0.1, -0.05) is 22.0 Å². The molecule has 0 aliphatic carbocycles. The second-order valence-corrected chi connectivity index (χ2v) is 12.1. The second-order valence-electron chi connectivity index (χ2n) is 8.12. The van der Waals surface area contributed by atoms with Crippen LogP contribution in [-0.2, 0) is 24.2 Å². The third-order valence-corrected chi connectivity index (χ3v) is 8.84. The molecular formula is C22H23BrFN5O5S2. The molecule has 36 heavy (non-hydrogen) atoms. The van der Waals surface area contributed by atoms with Crippen molar-refractivity contribution in [2.75, 3.05) is 31.2 Å². The molecule has 3 heterocycles. The number of primary amides is 1. The van der Waals surface area contributed by atoms with Crippen LogP contribution in [0.15, 0.2) is 50.5 Å². The van der Waals surface area contributed by atoms with Crippen LogP contribution in [0.4, 0.5) is 4.39 Å². The first-order chi connectivity index (χ1) is 17.1. The molecule has 2 unspecified atom stereocenters. The van der Waals surface area contributed by atoms with Crippen LogP contribution >= 0.6 is 27.3 Å². The molecule has 4 rings (SSSR count). The summed E-state index contributed by atoms with van der Waals surface area (Å²) >= 11 is 4.70. The summed E-state index contributed by atoms with van der Waals surface area (Å²) < 4.78 is 43.9. The first kappa shape index (κ1) is 26.4. The Balaban J connectivity index is 1.84. The molecule has 10 nitrogen and oxygen atoms in total. The normalized spacial score (nSPS) is 22.0. The van der Waals surface area contributed by atoms with Gasteiger partial charge in [-0.2, -0.15) is 0 Å². The van der Waals surface area contributed by atoms with E-state index in [1.54, 1.807) is 23.4 Å². The van der Waals surface area contributed by atoms with Gasteiger partial charge < -0.3 is 15.8 Å². The van der Waals surface area contributed by atoms with Crippen LogP contribution in [0.1, 0.15) is 23.5 Å². The van der Waals surface area contributed by atoms with Crippen molar-refractivity contribution in [2.24, 2.45) is 10.7 Å². The molecule has 2 atom stereocenters. The van der Waals surface area contributed by atoms with Gasteiger partial charge in [-0.05, 0) is 24.6 Å². The van der Waals surface area contributed by atoms with Crippen molar-refractivity contribution in [3.8, 4) is 0 Å². The Morgan fingerprint density at radius 2 is 2.17 bits per heavy atom. The van der Waals surface area contributed by atoms with E-state index in [2.05, 4.69) is 26.2 Å². The summed E-state index contributed by atoms with van der Waals surface area (Å²) in [7, 11) is -3.44. The van der Waals surface area contributed by atoms with E-state index in [1.807, 2.05) is 0 Å². The van der Waals surface area contributed by atoms with Gasteiger partial charge >= 0.3 is 5.97 Å². The average Bonchev–Trinajstić information content (AvgIpc) is 3.35. The smallest absolute Gasteiger partial charge is 0.338 e. The maximum atomic E-state index is 13.9. The molecule has 0 bridgehead atoms. The molecule has 1 fully saturated rings. The van der Waals surface area contributed by atoms with Gasteiger partial charge in [0.25, 0.3) is 0 Å². The fourth-order valence-corrected chi connectivity index (χ4v) is 6.75. The zero-order chi connectivity index (χ0) is 26.0. The van der Waals surface area contributed by atoms with Crippen molar-refractivity contribution < 1.29 is 27.1 Å². The topological polar surface area (TPSA) is 144 Å². The number of amidine groups is 1. The summed E-state index contributed by atoms with van der Waals surface area (Å²) in [5, 5.41) is 5.46. The Labute approximate surface area is 219 Å². The Bertz CT molecular complexity index is 1350. The number of aliphatic imine (C=N–C) groups is 1. The van der Waals surface area contributed by atoms with Crippen LogP contribution in [0.25, 0.3) is 0 Å². The van der Waals surface area contributed by atoms with Crippen molar-refractivity contribution in [3.05, 3.63) is 61.9 Å². The van der Waals surface area contributed by atoms with E-state index in [0.29, 0.717) is 26.6 Å². The number of sulfone groups is 1. The van der Waals surface area contributed by atoms with E-state index in [-0.39, 0.29) is 31.0 Å². The minimum absolute atomic E-state index is 0.00299. The van der Waals surface area contributed by atoms with Gasteiger partial charge in [0.05, 0.1) is 23.7 Å². The molecule has 1 amide bonds. The Kier molecular flexibility index (Phi) is 7.87. The molecule has 192 valence electrons. The molecule has 0 radical (unpaired) electrons. The number of rotatable bonds is 7. The number of ether oxygens (including phenoxy) is 1. The van der Waals surface area contributed by atoms with Gasteiger partial charge in [-0.15, -0.1) is 11.3 Å². The first-order valence-electron chi connectivity index (χ1n) is 10.9. The van der Waals surface area contributed by atoms with Gasteiger partial charge in [-0.25, -0.2) is 22.6 Å². The van der Waals surface area contributed by atoms with Crippen LogP contribution < -0.4 is 11.1 Å². The number of nitrogens with two attached hydrogens (primary N) is 1. The van der Waals surface area contributed by atoms with Crippen molar-refractivity contribution in [2.45, 2.75) is 19.0 Å². The lowest BCUT2D eigenvalue weighted by atomic mass is 9.95. The monoisotopic (exact) mass is 599 g/mol. The lowest BCUT2D eigenvalue weighted by Gasteiger charge is -2.36. The average molecular weight is 600 g/mol. The van der Waals surface area contributed by atoms with Crippen LogP contribution in [-0.4, -0.2) is 73.3 Å². The van der Waals surface area contributed by atoms with Crippen LogP contribution in [0.2, 0.25) is 0 Å². The molecule has 1 saturated heterocycles. The SMILES string of the molecule is CCOC(=O)C1=C(CN2CCS(=O)(=O)CC2C(N)=O)NC(c2nccs2)=NC1c1ccc(F)cc1Br. The molecule has 1 aromatic carbocycles. The van der Waals surface area contributed by atoms with E-state index in [0.717, 1.165) is 0 Å². The highest BCUT2D eigenvalue weighted by Crippen LogP contribution is 2.37. The molecule has 2 aliphatic rings. The molecular weight excluding hydrogens is 577 g/mol. The summed E-state index contributed by atoms with van der Waals surface area (Å²) in [4.78, 5) is 36.0. The standard InChI is InChI=1S/C22H23BrFN5O5S2/c1-2-34-22(31)17-15(10-29-6-8-36(32,33)11-16(29)19(25)30)27-20(21-26-5-7-35-21)28-18(17)13-4-3-12(24)9-14(13)23/h3-5,7,9,16,18H,2,6,8,10-11H2,1H3,(H2,25,30)(H,27,28). The number of thiazole rings is 1. The fraction of sp³-hybridized carbons (Fsp3) is 0.364. The van der Waals surface area contributed by atoms with Crippen LogP contribution in [0.3, 0.4) is 0 Å². The minimum Gasteiger partial charge on any atom is -0.463 e. The molecule has 2 aliphatic heterocycles.